The second-order valence-corrected chi connectivity index (χ2v) is 2.14. The quantitative estimate of drug-likeness (QED) is 0.330. The van der Waals surface area contributed by atoms with E-state index in [4.69, 9.17) is 0 Å². The van der Waals surface area contributed by atoms with Gasteiger partial charge in [0.2, 0.25) is 0 Å². The van der Waals surface area contributed by atoms with E-state index in [1.54, 1.807) is 0 Å². The fourth-order valence-electron chi connectivity index (χ4n) is 1.14. The number of fused-ring (bicyclic) bond motifs is 1. The van der Waals surface area contributed by atoms with Gasteiger partial charge in [-0.3, -0.25) is 0 Å². The van der Waals surface area contributed by atoms with Crippen molar-refractivity contribution < 1.29 is 0 Å². The molecule has 2 atom stereocenters. The average Bonchev–Trinajstić information content (AvgIpc) is 2.17. The maximum absolute atomic E-state index is 3.34. The Morgan fingerprint density at radius 1 is 1.33 bits per heavy atom. The summed E-state index contributed by atoms with van der Waals surface area (Å²) in [7, 11) is 0. The number of nitrogens with one attached hydrogen (secondary N) is 1. The molecule has 1 saturated heterocycles. The van der Waals surface area contributed by atoms with E-state index in [-0.39, 0.29) is 0 Å². The minimum atomic E-state index is 0.907. The average molecular weight is 82.1 g/mol. The fraction of sp³-hybridized carbons (Fsp3) is 0.800. The van der Waals surface area contributed by atoms with Crippen LogP contribution in [0.5, 0.6) is 0 Å². The van der Waals surface area contributed by atoms with Crippen molar-refractivity contribution in [1.29, 1.82) is 0 Å². The van der Waals surface area contributed by atoms with Crippen molar-refractivity contribution in [1.82, 2.24) is 5.32 Å². The molecule has 0 bridgehead atoms. The van der Waals surface area contributed by atoms with Crippen LogP contribution in [0.2, 0.25) is 0 Å². The maximum Gasteiger partial charge on any atom is 0.105 e. The zero-order valence-corrected chi connectivity index (χ0v) is 3.65. The van der Waals surface area contributed by atoms with Gasteiger partial charge in [-0.2, -0.15) is 0 Å². The highest BCUT2D eigenvalue weighted by Crippen LogP contribution is 2.28. The van der Waals surface area contributed by atoms with Crippen LogP contribution < -0.4 is 5.32 Å². The van der Waals surface area contributed by atoms with E-state index in [0.29, 0.717) is 0 Å². The van der Waals surface area contributed by atoms with Crippen LogP contribution in [0.3, 0.4) is 0 Å². The number of hydrogen-bond acceptors (Lipinski definition) is 1. The Morgan fingerprint density at radius 2 is 2.00 bits per heavy atom. The first-order valence-corrected chi connectivity index (χ1v) is 2.54. The van der Waals surface area contributed by atoms with E-state index in [2.05, 4.69) is 11.7 Å². The van der Waals surface area contributed by atoms with Crippen LogP contribution in [0.25, 0.3) is 0 Å². The summed E-state index contributed by atoms with van der Waals surface area (Å²) in [5.41, 5.74) is 0. The van der Waals surface area contributed by atoms with Crippen LogP contribution in [0.1, 0.15) is 12.8 Å². The van der Waals surface area contributed by atoms with Gasteiger partial charge in [0.05, 0.1) is 18.5 Å². The largest absolute Gasteiger partial charge is 0.300 e. The van der Waals surface area contributed by atoms with E-state index in [1.807, 2.05) is 0 Å². The molecule has 0 spiro atoms. The van der Waals surface area contributed by atoms with Gasteiger partial charge >= 0.3 is 0 Å². The summed E-state index contributed by atoms with van der Waals surface area (Å²) >= 11 is 0. The first-order chi connectivity index (χ1) is 2.97. The van der Waals surface area contributed by atoms with Gasteiger partial charge in [0.25, 0.3) is 0 Å². The molecule has 32 valence electrons. The Kier molecular flexibility index (Phi) is 0.356. The Morgan fingerprint density at radius 3 is 2.17 bits per heavy atom. The first-order valence-electron chi connectivity index (χ1n) is 2.54. The van der Waals surface area contributed by atoms with E-state index < -0.39 is 0 Å². The van der Waals surface area contributed by atoms with Gasteiger partial charge in [-0.05, 0) is 0 Å². The zero-order valence-electron chi connectivity index (χ0n) is 3.65. The molecule has 1 heteroatoms. The molecule has 0 amide bonds. The molecular formula is C5H8N+. The molecule has 2 unspecified atom stereocenters. The smallest absolute Gasteiger partial charge is 0.105 e. The summed E-state index contributed by atoms with van der Waals surface area (Å²) in [6.07, 6.45) is 5.02. The molecule has 2 rings (SSSR count). The van der Waals surface area contributed by atoms with E-state index >= 15 is 0 Å². The van der Waals surface area contributed by atoms with Crippen molar-refractivity contribution in [3.05, 3.63) is 6.42 Å². The minimum absolute atomic E-state index is 0.907. The maximum atomic E-state index is 3.34. The summed E-state index contributed by atoms with van der Waals surface area (Å²) in [6.45, 7) is 0. The monoisotopic (exact) mass is 82.1 g/mol. The topological polar surface area (TPSA) is 21.9 Å². The molecule has 2 fully saturated rings. The van der Waals surface area contributed by atoms with Crippen molar-refractivity contribution in [2.75, 3.05) is 0 Å². The molecule has 1 saturated carbocycles. The van der Waals surface area contributed by atoms with Crippen molar-refractivity contribution in [3.63, 3.8) is 0 Å². The predicted octanol–water partition coefficient (Wildman–Crippen LogP) is 0.325. The molecule has 1 aliphatic carbocycles. The lowest BCUT2D eigenvalue weighted by Crippen LogP contribution is -1.89. The highest BCUT2D eigenvalue weighted by Gasteiger charge is 2.46. The molecular weight excluding hydrogens is 74.1 g/mol. The van der Waals surface area contributed by atoms with Crippen molar-refractivity contribution in [2.24, 2.45) is 0 Å². The second-order valence-electron chi connectivity index (χ2n) is 2.14. The minimum Gasteiger partial charge on any atom is -0.300 e. The van der Waals surface area contributed by atoms with Crippen molar-refractivity contribution in [3.8, 4) is 0 Å². The Hall–Kier alpha value is -0.170. The van der Waals surface area contributed by atoms with Crippen LogP contribution in [0.4, 0.5) is 0 Å². The number of hydrogen-bond donors (Lipinski definition) is 1. The predicted molar refractivity (Wildman–Crippen MR) is 24.2 cm³/mol. The van der Waals surface area contributed by atoms with Crippen molar-refractivity contribution in [2.45, 2.75) is 24.9 Å². The van der Waals surface area contributed by atoms with Gasteiger partial charge in [0.15, 0.2) is 0 Å². The van der Waals surface area contributed by atoms with Gasteiger partial charge in [0.1, 0.15) is 12.8 Å². The SMILES string of the molecule is [CH+]1CC2NC2C1. The summed E-state index contributed by atoms with van der Waals surface area (Å²) in [4.78, 5) is 0. The third kappa shape index (κ3) is 0.219. The summed E-state index contributed by atoms with van der Waals surface area (Å²) in [5, 5.41) is 3.34. The summed E-state index contributed by atoms with van der Waals surface area (Å²) in [6, 6.07) is 1.81. The van der Waals surface area contributed by atoms with E-state index in [0.717, 1.165) is 12.1 Å². The molecule has 6 heavy (non-hydrogen) atoms. The van der Waals surface area contributed by atoms with Crippen molar-refractivity contribution >= 4 is 0 Å². The molecule has 0 aromatic carbocycles. The molecule has 1 aliphatic heterocycles. The molecule has 0 aromatic rings. The number of rotatable bonds is 0. The molecule has 1 N–H and O–H groups in total. The van der Waals surface area contributed by atoms with Gasteiger partial charge in [-0.15, -0.1) is 0 Å². The van der Waals surface area contributed by atoms with E-state index in [9.17, 15) is 0 Å². The van der Waals surface area contributed by atoms with Crippen LogP contribution in [-0.4, -0.2) is 12.1 Å². The van der Waals surface area contributed by atoms with Crippen LogP contribution in [0.15, 0.2) is 0 Å². The summed E-state index contributed by atoms with van der Waals surface area (Å²) < 4.78 is 0. The molecule has 1 nitrogen and oxygen atoms in total. The van der Waals surface area contributed by atoms with Crippen LogP contribution in [0, 0.1) is 6.42 Å². The van der Waals surface area contributed by atoms with E-state index in [1.165, 1.54) is 12.8 Å². The lowest BCUT2D eigenvalue weighted by Gasteiger charge is -1.72. The molecule has 0 radical (unpaired) electrons. The summed E-state index contributed by atoms with van der Waals surface area (Å²) in [5.74, 6) is 0. The Bertz CT molecular complexity index is 62.3. The number of piperidine rings is 1. The fourth-order valence-corrected chi connectivity index (χ4v) is 1.14. The second kappa shape index (κ2) is 0.733. The third-order valence-electron chi connectivity index (χ3n) is 1.65. The van der Waals surface area contributed by atoms with Crippen LogP contribution >= 0.6 is 0 Å². The molecule has 2 aliphatic rings. The third-order valence-corrected chi connectivity index (χ3v) is 1.65. The zero-order chi connectivity index (χ0) is 3.98. The standard InChI is InChI=1S/C5H8N/c1-2-4-5(3-1)6-4/h1,4-6H,2-3H2/q+1. The normalized spacial score (nSPS) is 50.7. The Labute approximate surface area is 37.7 Å². The lowest BCUT2D eigenvalue weighted by molar-refractivity contribution is 0.885. The van der Waals surface area contributed by atoms with Gasteiger partial charge in [0, 0.05) is 0 Å². The Balaban J connectivity index is 2.09. The van der Waals surface area contributed by atoms with Gasteiger partial charge < -0.3 is 5.32 Å². The van der Waals surface area contributed by atoms with Crippen LogP contribution in [-0.2, 0) is 0 Å². The van der Waals surface area contributed by atoms with Gasteiger partial charge in [-0.1, -0.05) is 0 Å². The van der Waals surface area contributed by atoms with Gasteiger partial charge in [-0.25, -0.2) is 0 Å². The lowest BCUT2D eigenvalue weighted by atomic mass is 10.3. The molecule has 0 aromatic heterocycles. The first kappa shape index (κ1) is 2.92. The highest BCUT2D eigenvalue weighted by molar-refractivity contribution is 5.09. The highest BCUT2D eigenvalue weighted by atomic mass is 15.2. The molecule has 1 heterocycles.